The van der Waals surface area contributed by atoms with Gasteiger partial charge in [0, 0.05) is 29.6 Å². The third-order valence-corrected chi connectivity index (χ3v) is 4.17. The number of amides is 1. The number of nitrogens with zero attached hydrogens (tertiary/aromatic N) is 4. The fourth-order valence-corrected chi connectivity index (χ4v) is 2.66. The van der Waals surface area contributed by atoms with Crippen LogP contribution >= 0.6 is 0 Å². The summed E-state index contributed by atoms with van der Waals surface area (Å²) in [7, 11) is 0. The van der Waals surface area contributed by atoms with Gasteiger partial charge in [-0.15, -0.1) is 0 Å². The van der Waals surface area contributed by atoms with Crippen LogP contribution in [-0.2, 0) is 11.3 Å². The smallest absolute Gasteiger partial charge is 0.272 e. The average molecular weight is 403 g/mol. The van der Waals surface area contributed by atoms with E-state index in [9.17, 15) is 13.6 Å². The predicted octanol–water partition coefficient (Wildman–Crippen LogP) is 3.81. The summed E-state index contributed by atoms with van der Waals surface area (Å²) in [6, 6.07) is 3.59. The summed E-state index contributed by atoms with van der Waals surface area (Å²) < 4.78 is 31.3. The van der Waals surface area contributed by atoms with Crippen LogP contribution in [0.15, 0.2) is 30.7 Å². The average Bonchev–Trinajstić information content (AvgIpc) is 3.03. The predicted molar refractivity (Wildman–Crippen MR) is 105 cm³/mol. The van der Waals surface area contributed by atoms with Gasteiger partial charge in [-0.05, 0) is 24.6 Å². The molecule has 3 rings (SSSR count). The van der Waals surface area contributed by atoms with E-state index in [1.807, 2.05) is 26.8 Å². The second-order valence-electron chi connectivity index (χ2n) is 7.79. The molecule has 154 valence electrons. The molecule has 0 aliphatic rings. The number of aromatic nitrogens is 4. The molecule has 3 aromatic heterocycles. The summed E-state index contributed by atoms with van der Waals surface area (Å²) in [4.78, 5) is 20.7. The molecule has 0 aliphatic heterocycles. The van der Waals surface area contributed by atoms with Crippen LogP contribution in [0.3, 0.4) is 0 Å². The zero-order valence-corrected chi connectivity index (χ0v) is 16.7. The largest absolute Gasteiger partial charge is 0.471 e. The number of nitrogens with one attached hydrogen (secondary N) is 1. The van der Waals surface area contributed by atoms with E-state index in [0.29, 0.717) is 23.4 Å². The molecular formula is C20H23F2N5O2. The van der Waals surface area contributed by atoms with Crippen LogP contribution in [0, 0.1) is 12.3 Å². The lowest BCUT2D eigenvalue weighted by Crippen LogP contribution is -2.28. The summed E-state index contributed by atoms with van der Waals surface area (Å²) in [6.45, 7) is 6.97. The fraction of sp³-hybridized carbons (Fsp3) is 0.400. The van der Waals surface area contributed by atoms with E-state index in [4.69, 9.17) is 4.74 Å². The van der Waals surface area contributed by atoms with Crippen LogP contribution in [0.1, 0.15) is 31.9 Å². The fourth-order valence-electron chi connectivity index (χ4n) is 2.66. The lowest BCUT2D eigenvalue weighted by molar-refractivity contribution is -0.123. The molecule has 3 heterocycles. The molecule has 0 spiro atoms. The topological polar surface area (TPSA) is 81.9 Å². The number of carbonyl (C=O) groups excluding carboxylic acids is 1. The summed E-state index contributed by atoms with van der Waals surface area (Å²) in [5, 5.41) is 8.09. The number of halogens is 2. The minimum atomic E-state index is -2.55. The summed E-state index contributed by atoms with van der Waals surface area (Å²) >= 11 is 0. The first-order valence-corrected chi connectivity index (χ1v) is 9.13. The highest BCUT2D eigenvalue weighted by atomic mass is 19.3. The molecule has 1 amide bonds. The van der Waals surface area contributed by atoms with E-state index in [0.717, 1.165) is 10.9 Å². The van der Waals surface area contributed by atoms with Gasteiger partial charge in [-0.1, -0.05) is 20.8 Å². The molecule has 0 radical (unpaired) electrons. The van der Waals surface area contributed by atoms with Crippen molar-refractivity contribution in [2.75, 3.05) is 11.9 Å². The van der Waals surface area contributed by atoms with Gasteiger partial charge in [0.1, 0.15) is 5.82 Å². The van der Waals surface area contributed by atoms with Crippen molar-refractivity contribution >= 4 is 22.6 Å². The number of hydrogen-bond acceptors (Lipinski definition) is 5. The van der Waals surface area contributed by atoms with Crippen molar-refractivity contribution < 1.29 is 18.3 Å². The third-order valence-electron chi connectivity index (χ3n) is 4.17. The van der Waals surface area contributed by atoms with Gasteiger partial charge in [0.2, 0.25) is 11.8 Å². The van der Waals surface area contributed by atoms with Crippen molar-refractivity contribution in [1.29, 1.82) is 0 Å². The van der Waals surface area contributed by atoms with Crippen molar-refractivity contribution in [3.8, 4) is 5.88 Å². The molecule has 0 aliphatic carbocycles. The van der Waals surface area contributed by atoms with Crippen LogP contribution in [0.5, 0.6) is 5.88 Å². The second kappa shape index (κ2) is 8.10. The number of aryl methyl sites for hydroxylation is 1. The van der Waals surface area contributed by atoms with Gasteiger partial charge in [0.15, 0.2) is 6.61 Å². The van der Waals surface area contributed by atoms with E-state index in [2.05, 4.69) is 20.4 Å². The SMILES string of the molecule is Cc1cc(Cn2cc3c(NC(=O)C(C)(C)C)nccc3n2)cnc1OCC(F)F. The Hall–Kier alpha value is -3.10. The Balaban J connectivity index is 1.80. The molecule has 0 saturated heterocycles. The van der Waals surface area contributed by atoms with Gasteiger partial charge in [0.25, 0.3) is 6.43 Å². The van der Waals surface area contributed by atoms with Crippen LogP contribution in [0.2, 0.25) is 0 Å². The Morgan fingerprint density at radius 3 is 2.72 bits per heavy atom. The van der Waals surface area contributed by atoms with Crippen molar-refractivity contribution in [1.82, 2.24) is 19.7 Å². The minimum Gasteiger partial charge on any atom is -0.471 e. The van der Waals surface area contributed by atoms with E-state index >= 15 is 0 Å². The molecule has 29 heavy (non-hydrogen) atoms. The monoisotopic (exact) mass is 403 g/mol. The Labute approximate surface area is 167 Å². The molecule has 0 atom stereocenters. The number of alkyl halides is 2. The number of carbonyl (C=O) groups is 1. The lowest BCUT2D eigenvalue weighted by Gasteiger charge is -2.17. The Morgan fingerprint density at radius 2 is 2.07 bits per heavy atom. The standard InChI is InChI=1S/C20H23F2N5O2/c1-12-7-13(8-24-18(12)29-11-16(21)22)9-27-10-14-15(26-27)5-6-23-17(14)25-19(28)20(2,3)4/h5-8,10,16H,9,11H2,1-4H3,(H,23,25,28). The second-order valence-corrected chi connectivity index (χ2v) is 7.79. The Bertz CT molecular complexity index is 1030. The quantitative estimate of drug-likeness (QED) is 0.677. The van der Waals surface area contributed by atoms with Crippen molar-refractivity contribution in [2.45, 2.75) is 40.7 Å². The van der Waals surface area contributed by atoms with Crippen molar-refractivity contribution in [3.63, 3.8) is 0 Å². The summed E-state index contributed by atoms with van der Waals surface area (Å²) in [5.74, 6) is 0.513. The highest BCUT2D eigenvalue weighted by Crippen LogP contribution is 2.24. The van der Waals surface area contributed by atoms with E-state index in [1.54, 1.807) is 36.3 Å². The van der Waals surface area contributed by atoms with Gasteiger partial charge in [-0.25, -0.2) is 18.7 Å². The molecule has 9 heteroatoms. The summed E-state index contributed by atoms with van der Waals surface area (Å²) in [6.07, 6.45) is 2.42. The van der Waals surface area contributed by atoms with Crippen molar-refractivity contribution in [3.05, 3.63) is 41.9 Å². The number of pyridine rings is 2. The number of fused-ring (bicyclic) bond motifs is 1. The minimum absolute atomic E-state index is 0.135. The molecule has 1 N–H and O–H groups in total. The zero-order valence-electron chi connectivity index (χ0n) is 16.7. The molecule has 7 nitrogen and oxygen atoms in total. The highest BCUT2D eigenvalue weighted by Gasteiger charge is 2.22. The Morgan fingerprint density at radius 1 is 1.31 bits per heavy atom. The van der Waals surface area contributed by atoms with Crippen LogP contribution < -0.4 is 10.1 Å². The third kappa shape index (κ3) is 5.04. The first kappa shape index (κ1) is 20.6. The first-order chi connectivity index (χ1) is 13.6. The molecule has 0 unspecified atom stereocenters. The lowest BCUT2D eigenvalue weighted by atomic mass is 9.96. The van der Waals surface area contributed by atoms with Gasteiger partial charge >= 0.3 is 0 Å². The molecular weight excluding hydrogens is 380 g/mol. The molecule has 0 fully saturated rings. The first-order valence-electron chi connectivity index (χ1n) is 9.13. The number of hydrogen-bond donors (Lipinski definition) is 1. The maximum absolute atomic E-state index is 12.3. The maximum atomic E-state index is 12.3. The highest BCUT2D eigenvalue weighted by molar-refractivity contribution is 6.00. The maximum Gasteiger partial charge on any atom is 0.272 e. The van der Waals surface area contributed by atoms with Gasteiger partial charge in [-0.3, -0.25) is 9.48 Å². The number of ether oxygens (including phenoxy) is 1. The zero-order chi connectivity index (χ0) is 21.2. The van der Waals surface area contributed by atoms with E-state index < -0.39 is 18.4 Å². The van der Waals surface area contributed by atoms with E-state index in [1.165, 1.54) is 0 Å². The van der Waals surface area contributed by atoms with E-state index in [-0.39, 0.29) is 11.8 Å². The van der Waals surface area contributed by atoms with Gasteiger partial charge in [0.05, 0.1) is 17.4 Å². The molecule has 0 saturated carbocycles. The molecule has 0 aromatic carbocycles. The molecule has 0 bridgehead atoms. The number of rotatable bonds is 6. The molecule has 3 aromatic rings. The Kier molecular flexibility index (Phi) is 5.76. The number of anilines is 1. The van der Waals surface area contributed by atoms with Crippen molar-refractivity contribution in [2.24, 2.45) is 5.41 Å². The van der Waals surface area contributed by atoms with Gasteiger partial charge < -0.3 is 10.1 Å². The van der Waals surface area contributed by atoms with Crippen LogP contribution in [-0.4, -0.2) is 38.7 Å². The van der Waals surface area contributed by atoms with Crippen LogP contribution in [0.4, 0.5) is 14.6 Å². The normalized spacial score (nSPS) is 11.8. The van der Waals surface area contributed by atoms with Gasteiger partial charge in [-0.2, -0.15) is 5.10 Å². The summed E-state index contributed by atoms with van der Waals surface area (Å²) in [5.41, 5.74) is 1.66. The van der Waals surface area contributed by atoms with Crippen LogP contribution in [0.25, 0.3) is 10.9 Å².